The Morgan fingerprint density at radius 1 is 1.43 bits per heavy atom. The van der Waals surface area contributed by atoms with Crippen LogP contribution in [0.1, 0.15) is 15.9 Å². The second kappa shape index (κ2) is 6.04. The Morgan fingerprint density at radius 2 is 2.19 bits per heavy atom. The van der Waals surface area contributed by atoms with Crippen LogP contribution in [0.15, 0.2) is 30.6 Å². The fourth-order valence-electron chi connectivity index (χ4n) is 1.72. The van der Waals surface area contributed by atoms with Gasteiger partial charge in [0, 0.05) is 25.4 Å². The van der Waals surface area contributed by atoms with Crippen molar-refractivity contribution < 1.29 is 19.1 Å². The number of aromatic carboxylic acids is 1. The van der Waals surface area contributed by atoms with Crippen LogP contribution in [-0.4, -0.2) is 26.9 Å². The summed E-state index contributed by atoms with van der Waals surface area (Å²) in [6.45, 7) is 0.220. The highest BCUT2D eigenvalue weighted by Crippen LogP contribution is 2.17. The van der Waals surface area contributed by atoms with E-state index < -0.39 is 17.8 Å². The van der Waals surface area contributed by atoms with Crippen LogP contribution in [0.3, 0.4) is 0 Å². The van der Waals surface area contributed by atoms with E-state index in [0.29, 0.717) is 0 Å². The van der Waals surface area contributed by atoms with Gasteiger partial charge in [0.25, 0.3) is 0 Å². The number of carboxylic acid groups (broad SMARTS) is 1. The van der Waals surface area contributed by atoms with Gasteiger partial charge in [-0.25, -0.2) is 14.0 Å². The van der Waals surface area contributed by atoms with Crippen molar-refractivity contribution >= 4 is 17.7 Å². The number of benzene rings is 1. The molecule has 8 heteroatoms. The predicted molar refractivity (Wildman–Crippen MR) is 72.4 cm³/mol. The number of hydrogen-bond acceptors (Lipinski definition) is 3. The van der Waals surface area contributed by atoms with Crippen LogP contribution < -0.4 is 10.6 Å². The van der Waals surface area contributed by atoms with Gasteiger partial charge in [0.1, 0.15) is 5.82 Å². The molecule has 110 valence electrons. The summed E-state index contributed by atoms with van der Waals surface area (Å²) in [5.74, 6) is -1.89. The van der Waals surface area contributed by atoms with Crippen LogP contribution in [-0.2, 0) is 13.6 Å². The first-order valence-electron chi connectivity index (χ1n) is 6.01. The highest BCUT2D eigenvalue weighted by atomic mass is 19.1. The van der Waals surface area contributed by atoms with E-state index in [9.17, 15) is 14.0 Å². The second-order valence-corrected chi connectivity index (χ2v) is 4.32. The van der Waals surface area contributed by atoms with E-state index in [-0.39, 0.29) is 17.8 Å². The van der Waals surface area contributed by atoms with Crippen LogP contribution in [0, 0.1) is 5.82 Å². The fourth-order valence-corrected chi connectivity index (χ4v) is 1.72. The maximum absolute atomic E-state index is 13.1. The number of carbonyl (C=O) groups is 2. The molecule has 0 spiro atoms. The van der Waals surface area contributed by atoms with Crippen molar-refractivity contribution in [2.45, 2.75) is 6.54 Å². The maximum atomic E-state index is 13.1. The molecule has 2 amide bonds. The molecular formula is C13H13FN4O3. The molecule has 3 N–H and O–H groups in total. The van der Waals surface area contributed by atoms with Crippen molar-refractivity contribution in [3.05, 3.63) is 47.5 Å². The number of hydrogen-bond donors (Lipinski definition) is 3. The fraction of sp³-hybridized carbons (Fsp3) is 0.154. The molecule has 0 aliphatic rings. The molecule has 0 fully saturated rings. The molecule has 2 rings (SSSR count). The molecule has 1 aromatic carbocycles. The summed E-state index contributed by atoms with van der Waals surface area (Å²) >= 11 is 0. The van der Waals surface area contributed by atoms with Gasteiger partial charge >= 0.3 is 12.0 Å². The molecule has 0 bridgehead atoms. The maximum Gasteiger partial charge on any atom is 0.337 e. The summed E-state index contributed by atoms with van der Waals surface area (Å²) in [6, 6.07) is 2.43. The van der Waals surface area contributed by atoms with Gasteiger partial charge in [-0.15, -0.1) is 0 Å². The van der Waals surface area contributed by atoms with Gasteiger partial charge in [0.05, 0.1) is 17.4 Å². The molecule has 0 unspecified atom stereocenters. The Morgan fingerprint density at radius 3 is 2.81 bits per heavy atom. The predicted octanol–water partition coefficient (Wildman–Crippen LogP) is 1.58. The second-order valence-electron chi connectivity index (χ2n) is 4.32. The first-order chi connectivity index (χ1) is 9.95. The summed E-state index contributed by atoms with van der Waals surface area (Å²) in [5, 5.41) is 17.8. The van der Waals surface area contributed by atoms with E-state index in [0.717, 1.165) is 23.8 Å². The van der Waals surface area contributed by atoms with Gasteiger partial charge in [0.2, 0.25) is 0 Å². The molecule has 0 radical (unpaired) electrons. The van der Waals surface area contributed by atoms with Gasteiger partial charge in [0.15, 0.2) is 0 Å². The van der Waals surface area contributed by atoms with Crippen LogP contribution in [0.2, 0.25) is 0 Å². The largest absolute Gasteiger partial charge is 0.478 e. The zero-order valence-electron chi connectivity index (χ0n) is 11.1. The molecule has 0 aliphatic carbocycles. The van der Waals surface area contributed by atoms with Gasteiger partial charge in [-0.2, -0.15) is 5.10 Å². The van der Waals surface area contributed by atoms with E-state index in [2.05, 4.69) is 15.7 Å². The average Bonchev–Trinajstić information content (AvgIpc) is 2.82. The molecular weight excluding hydrogens is 279 g/mol. The lowest BCUT2D eigenvalue weighted by Gasteiger charge is -2.09. The lowest BCUT2D eigenvalue weighted by Crippen LogP contribution is -2.28. The Hall–Kier alpha value is -2.90. The van der Waals surface area contributed by atoms with Crippen LogP contribution in [0.4, 0.5) is 14.9 Å². The third-order valence-electron chi connectivity index (χ3n) is 2.67. The number of rotatable bonds is 4. The van der Waals surface area contributed by atoms with E-state index in [1.54, 1.807) is 24.1 Å². The molecule has 0 atom stereocenters. The molecule has 1 aromatic heterocycles. The molecule has 0 saturated heterocycles. The summed E-state index contributed by atoms with van der Waals surface area (Å²) in [5.41, 5.74) is 0.490. The van der Waals surface area contributed by atoms with Gasteiger partial charge < -0.3 is 15.7 Å². The van der Waals surface area contributed by atoms with E-state index in [4.69, 9.17) is 5.11 Å². The molecule has 0 aliphatic heterocycles. The van der Waals surface area contributed by atoms with E-state index in [1.807, 2.05) is 0 Å². The number of amides is 2. The first kappa shape index (κ1) is 14.5. The highest BCUT2D eigenvalue weighted by molar-refractivity contribution is 5.99. The molecule has 1 heterocycles. The van der Waals surface area contributed by atoms with Crippen molar-refractivity contribution in [2.24, 2.45) is 7.05 Å². The van der Waals surface area contributed by atoms with Crippen molar-refractivity contribution in [2.75, 3.05) is 5.32 Å². The van der Waals surface area contributed by atoms with E-state index in [1.165, 1.54) is 0 Å². The highest BCUT2D eigenvalue weighted by Gasteiger charge is 2.13. The Balaban J connectivity index is 2.02. The topological polar surface area (TPSA) is 96.2 Å². The third kappa shape index (κ3) is 3.78. The number of carbonyl (C=O) groups excluding carboxylic acids is 1. The van der Waals surface area contributed by atoms with Crippen molar-refractivity contribution in [1.29, 1.82) is 0 Å². The minimum Gasteiger partial charge on any atom is -0.478 e. The molecule has 7 nitrogen and oxygen atoms in total. The van der Waals surface area contributed by atoms with Crippen molar-refractivity contribution in [3.8, 4) is 0 Å². The summed E-state index contributed by atoms with van der Waals surface area (Å²) in [4.78, 5) is 22.7. The normalized spacial score (nSPS) is 10.2. The minimum atomic E-state index is -1.25. The Bertz CT molecular complexity index is 684. The van der Waals surface area contributed by atoms with Crippen LogP contribution >= 0.6 is 0 Å². The number of nitrogens with one attached hydrogen (secondary N) is 2. The lowest BCUT2D eigenvalue weighted by atomic mass is 10.2. The number of halogens is 1. The zero-order chi connectivity index (χ0) is 15.4. The molecule has 0 saturated carbocycles. The SMILES string of the molecule is Cn1cc(CNC(=O)Nc2cc(F)ccc2C(=O)O)cn1. The van der Waals surface area contributed by atoms with Gasteiger partial charge in [-0.05, 0) is 18.2 Å². The first-order valence-corrected chi connectivity index (χ1v) is 6.01. The summed E-state index contributed by atoms with van der Waals surface area (Å²) in [7, 11) is 1.75. The van der Waals surface area contributed by atoms with Crippen LogP contribution in [0.5, 0.6) is 0 Å². The number of aryl methyl sites for hydroxylation is 1. The van der Waals surface area contributed by atoms with E-state index >= 15 is 0 Å². The quantitative estimate of drug-likeness (QED) is 0.797. The standard InChI is InChI=1S/C13H13FN4O3/c1-18-7-8(6-16-18)5-15-13(21)17-11-4-9(14)2-3-10(11)12(19)20/h2-4,6-7H,5H2,1H3,(H,19,20)(H2,15,17,21). The van der Waals surface area contributed by atoms with Crippen LogP contribution in [0.25, 0.3) is 0 Å². The number of anilines is 1. The Kier molecular flexibility index (Phi) is 4.17. The number of carboxylic acids is 1. The van der Waals surface area contributed by atoms with Crippen molar-refractivity contribution in [3.63, 3.8) is 0 Å². The van der Waals surface area contributed by atoms with Crippen molar-refractivity contribution in [1.82, 2.24) is 15.1 Å². The average molecular weight is 292 g/mol. The zero-order valence-corrected chi connectivity index (χ0v) is 11.1. The molecule has 21 heavy (non-hydrogen) atoms. The molecule has 2 aromatic rings. The number of urea groups is 1. The number of nitrogens with zero attached hydrogens (tertiary/aromatic N) is 2. The Labute approximate surface area is 119 Å². The lowest BCUT2D eigenvalue weighted by molar-refractivity contribution is 0.0698. The smallest absolute Gasteiger partial charge is 0.337 e. The van der Waals surface area contributed by atoms with Gasteiger partial charge in [-0.1, -0.05) is 0 Å². The van der Waals surface area contributed by atoms with Gasteiger partial charge in [-0.3, -0.25) is 4.68 Å². The third-order valence-corrected chi connectivity index (χ3v) is 2.67. The monoisotopic (exact) mass is 292 g/mol. The number of aromatic nitrogens is 2. The minimum absolute atomic E-state index is 0.105. The summed E-state index contributed by atoms with van der Waals surface area (Å²) < 4.78 is 14.7. The summed E-state index contributed by atoms with van der Waals surface area (Å²) in [6.07, 6.45) is 3.32.